The lowest BCUT2D eigenvalue weighted by Gasteiger charge is -2.07. The van der Waals surface area contributed by atoms with Gasteiger partial charge in [-0.2, -0.15) is 0 Å². The Bertz CT molecular complexity index is 424. The second kappa shape index (κ2) is 7.55. The molecule has 0 heterocycles. The molecule has 1 rings (SSSR count). The summed E-state index contributed by atoms with van der Waals surface area (Å²) >= 11 is 5.43. The molecule has 18 heavy (non-hydrogen) atoms. The molecule has 0 radical (unpaired) electrons. The number of rotatable bonds is 5. The summed E-state index contributed by atoms with van der Waals surface area (Å²) in [5.74, 6) is 0.580. The average Bonchev–Trinajstić information content (AvgIpc) is 2.36. The van der Waals surface area contributed by atoms with E-state index in [9.17, 15) is 9.59 Å². The van der Waals surface area contributed by atoms with Gasteiger partial charge in [-0.3, -0.25) is 4.79 Å². The highest BCUT2D eigenvalue weighted by Crippen LogP contribution is 2.17. The van der Waals surface area contributed by atoms with Crippen LogP contribution >= 0.6 is 11.6 Å². The second-order valence-electron chi connectivity index (χ2n) is 3.43. The van der Waals surface area contributed by atoms with Crippen molar-refractivity contribution in [1.82, 2.24) is 5.32 Å². The first kappa shape index (κ1) is 14.3. The van der Waals surface area contributed by atoms with Crippen molar-refractivity contribution in [1.29, 1.82) is 0 Å². The molecule has 6 heteroatoms. The van der Waals surface area contributed by atoms with Crippen LogP contribution in [0.1, 0.15) is 13.3 Å². The number of amides is 2. The van der Waals surface area contributed by atoms with Crippen molar-refractivity contribution in [2.45, 2.75) is 13.3 Å². The topological polar surface area (TPSA) is 67.4 Å². The number of nitrogens with one attached hydrogen (secondary N) is 2. The lowest BCUT2D eigenvalue weighted by Crippen LogP contribution is -2.28. The zero-order valence-electron chi connectivity index (χ0n) is 10.0. The Balaban J connectivity index is 2.59. The summed E-state index contributed by atoms with van der Waals surface area (Å²) in [6.45, 7) is 2.10. The van der Waals surface area contributed by atoms with E-state index in [-0.39, 0.29) is 5.91 Å². The fraction of sp³-hybridized carbons (Fsp3) is 0.333. The molecule has 0 aliphatic rings. The van der Waals surface area contributed by atoms with Crippen molar-refractivity contribution in [3.05, 3.63) is 24.3 Å². The molecule has 2 amide bonds. The molecule has 0 aliphatic heterocycles. The molecule has 0 spiro atoms. The molecule has 2 N–H and O–H groups in total. The highest BCUT2D eigenvalue weighted by Gasteiger charge is 2.05. The molecule has 1 aromatic rings. The van der Waals surface area contributed by atoms with Gasteiger partial charge in [0.1, 0.15) is 5.75 Å². The van der Waals surface area contributed by atoms with E-state index in [1.807, 2.05) is 0 Å². The average molecular weight is 271 g/mol. The van der Waals surface area contributed by atoms with Crippen molar-refractivity contribution in [2.24, 2.45) is 0 Å². The van der Waals surface area contributed by atoms with E-state index in [4.69, 9.17) is 16.3 Å². The van der Waals surface area contributed by atoms with Crippen LogP contribution < -0.4 is 15.4 Å². The molecule has 0 aliphatic carbocycles. The van der Waals surface area contributed by atoms with E-state index in [1.54, 1.807) is 31.2 Å². The number of benzene rings is 1. The van der Waals surface area contributed by atoms with Gasteiger partial charge in [-0.1, -0.05) is 13.0 Å². The molecular weight excluding hydrogens is 256 g/mol. The van der Waals surface area contributed by atoms with Crippen molar-refractivity contribution in [2.75, 3.05) is 17.7 Å². The van der Waals surface area contributed by atoms with Gasteiger partial charge in [-0.25, -0.2) is 4.79 Å². The fourth-order valence-corrected chi connectivity index (χ4v) is 1.27. The summed E-state index contributed by atoms with van der Waals surface area (Å²) in [6, 6.07) is 6.61. The summed E-state index contributed by atoms with van der Waals surface area (Å²) in [5, 5.41) is 5.15. The Morgan fingerprint density at radius 3 is 2.83 bits per heavy atom. The Kier molecular flexibility index (Phi) is 6.00. The Labute approximate surface area is 110 Å². The van der Waals surface area contributed by atoms with E-state index >= 15 is 0 Å². The van der Waals surface area contributed by atoms with Crippen LogP contribution in [0.5, 0.6) is 5.75 Å². The van der Waals surface area contributed by atoms with Crippen molar-refractivity contribution in [3.63, 3.8) is 0 Å². The molecule has 98 valence electrons. The van der Waals surface area contributed by atoms with Gasteiger partial charge in [-0.05, 0) is 12.1 Å². The second-order valence-corrected chi connectivity index (χ2v) is 3.81. The zero-order chi connectivity index (χ0) is 13.4. The molecule has 0 unspecified atom stereocenters. The van der Waals surface area contributed by atoms with Gasteiger partial charge in [0.05, 0.1) is 0 Å². The molecule has 0 aromatic heterocycles. The minimum absolute atomic E-state index is 0.0984. The number of alkyl halides is 1. The maximum atomic E-state index is 11.3. The Hall–Kier alpha value is -1.75. The summed E-state index contributed by atoms with van der Waals surface area (Å²) in [4.78, 5) is 22.5. The monoisotopic (exact) mass is 270 g/mol. The third-order valence-electron chi connectivity index (χ3n) is 2.01. The molecule has 5 nitrogen and oxygen atoms in total. The maximum Gasteiger partial charge on any atom is 0.412 e. The van der Waals surface area contributed by atoms with Crippen LogP contribution in [0.15, 0.2) is 24.3 Å². The third kappa shape index (κ3) is 5.05. The number of anilines is 1. The molecule has 0 fully saturated rings. The first-order chi connectivity index (χ1) is 8.65. The predicted octanol–water partition coefficient (Wildman–Crippen LogP) is 2.36. The maximum absolute atomic E-state index is 11.3. The van der Waals surface area contributed by atoms with Crippen LogP contribution in [0.4, 0.5) is 10.5 Å². The number of halogens is 1. The van der Waals surface area contributed by atoms with Crippen LogP contribution in [0, 0.1) is 0 Å². The minimum atomic E-state index is -0.574. The standard InChI is InChI=1S/C12H15ClN2O3/c1-2-11(16)15-9-4-3-5-10(8-9)18-12(17)14-7-6-13/h3-5,8H,2,6-7H2,1H3,(H,14,17)(H,15,16). The highest BCUT2D eigenvalue weighted by molar-refractivity contribution is 6.18. The molecule has 0 atom stereocenters. The molecule has 1 aromatic carbocycles. The Morgan fingerprint density at radius 1 is 1.39 bits per heavy atom. The normalized spacial score (nSPS) is 9.67. The lowest BCUT2D eigenvalue weighted by atomic mass is 10.3. The van der Waals surface area contributed by atoms with E-state index < -0.39 is 6.09 Å². The van der Waals surface area contributed by atoms with Crippen LogP contribution in [0.3, 0.4) is 0 Å². The first-order valence-corrected chi connectivity index (χ1v) is 6.10. The van der Waals surface area contributed by atoms with Crippen LogP contribution in [-0.4, -0.2) is 24.4 Å². The van der Waals surface area contributed by atoms with Gasteiger partial charge in [0.15, 0.2) is 0 Å². The van der Waals surface area contributed by atoms with Crippen LogP contribution in [0.25, 0.3) is 0 Å². The third-order valence-corrected chi connectivity index (χ3v) is 2.20. The molecular formula is C12H15ClN2O3. The summed E-state index contributed by atoms with van der Waals surface area (Å²) < 4.78 is 5.01. The predicted molar refractivity (Wildman–Crippen MR) is 70.1 cm³/mol. The van der Waals surface area contributed by atoms with E-state index in [1.165, 1.54) is 0 Å². The van der Waals surface area contributed by atoms with Crippen molar-refractivity contribution in [3.8, 4) is 5.75 Å². The van der Waals surface area contributed by atoms with E-state index in [0.717, 1.165) is 0 Å². The van der Waals surface area contributed by atoms with Crippen molar-refractivity contribution < 1.29 is 14.3 Å². The van der Waals surface area contributed by atoms with Gasteiger partial charge < -0.3 is 15.4 Å². The van der Waals surface area contributed by atoms with Crippen molar-refractivity contribution >= 4 is 29.3 Å². The van der Waals surface area contributed by atoms with Gasteiger partial charge in [-0.15, -0.1) is 11.6 Å². The van der Waals surface area contributed by atoms with Gasteiger partial charge in [0.2, 0.25) is 5.91 Å². The van der Waals surface area contributed by atoms with E-state index in [0.29, 0.717) is 30.3 Å². The largest absolute Gasteiger partial charge is 0.412 e. The number of carbonyl (C=O) groups is 2. The van der Waals surface area contributed by atoms with Gasteiger partial charge >= 0.3 is 6.09 Å². The fourth-order valence-electron chi connectivity index (χ4n) is 1.18. The smallest absolute Gasteiger partial charge is 0.410 e. The minimum Gasteiger partial charge on any atom is -0.410 e. The number of carbonyl (C=O) groups excluding carboxylic acids is 2. The van der Waals surface area contributed by atoms with Gasteiger partial charge in [0.25, 0.3) is 0 Å². The highest BCUT2D eigenvalue weighted by atomic mass is 35.5. The quantitative estimate of drug-likeness (QED) is 0.807. The zero-order valence-corrected chi connectivity index (χ0v) is 10.8. The molecule has 0 saturated heterocycles. The SMILES string of the molecule is CCC(=O)Nc1cccc(OC(=O)NCCCl)c1. The summed E-state index contributed by atoms with van der Waals surface area (Å²) in [7, 11) is 0. The van der Waals surface area contributed by atoms with Gasteiger partial charge in [0, 0.05) is 30.6 Å². The number of hydrogen-bond acceptors (Lipinski definition) is 3. The van der Waals surface area contributed by atoms with Crippen LogP contribution in [-0.2, 0) is 4.79 Å². The van der Waals surface area contributed by atoms with Crippen LogP contribution in [0.2, 0.25) is 0 Å². The Morgan fingerprint density at radius 2 is 2.17 bits per heavy atom. The summed E-state index contributed by atoms with van der Waals surface area (Å²) in [5.41, 5.74) is 0.587. The molecule has 0 saturated carbocycles. The first-order valence-electron chi connectivity index (χ1n) is 5.57. The number of ether oxygens (including phenoxy) is 1. The molecule has 0 bridgehead atoms. The summed E-state index contributed by atoms with van der Waals surface area (Å²) in [6.07, 6.45) is -0.184. The number of hydrogen-bond donors (Lipinski definition) is 2. The van der Waals surface area contributed by atoms with E-state index in [2.05, 4.69) is 10.6 Å². The lowest BCUT2D eigenvalue weighted by molar-refractivity contribution is -0.115.